The molecule has 4 amide bonds. The van der Waals surface area contributed by atoms with Crippen molar-refractivity contribution < 1.29 is 14.4 Å². The van der Waals surface area contributed by atoms with Gasteiger partial charge in [-0.05, 0) is 35.4 Å². The maximum absolute atomic E-state index is 12.7. The van der Waals surface area contributed by atoms with Crippen molar-refractivity contribution >= 4 is 17.8 Å². The molecule has 0 radical (unpaired) electrons. The van der Waals surface area contributed by atoms with Crippen molar-refractivity contribution in [2.24, 2.45) is 0 Å². The Morgan fingerprint density at radius 3 is 2.54 bits per heavy atom. The van der Waals surface area contributed by atoms with Crippen molar-refractivity contribution in [2.45, 2.75) is 31.7 Å². The number of carbonyl (C=O) groups is 3. The summed E-state index contributed by atoms with van der Waals surface area (Å²) < 4.78 is 0. The minimum atomic E-state index is -0.505. The van der Waals surface area contributed by atoms with Gasteiger partial charge in [-0.2, -0.15) is 4.90 Å². The van der Waals surface area contributed by atoms with Crippen molar-refractivity contribution in [1.82, 2.24) is 9.80 Å². The molecule has 0 saturated carbocycles. The van der Waals surface area contributed by atoms with Gasteiger partial charge in [0, 0.05) is 13.0 Å². The summed E-state index contributed by atoms with van der Waals surface area (Å²) in [5, 5.41) is 0. The quantitative estimate of drug-likeness (QED) is 0.798. The van der Waals surface area contributed by atoms with Crippen LogP contribution in [0.15, 0.2) is 54.6 Å². The van der Waals surface area contributed by atoms with E-state index in [4.69, 9.17) is 0 Å². The molecule has 1 fully saturated rings. The summed E-state index contributed by atoms with van der Waals surface area (Å²) in [6, 6.07) is 17.0. The summed E-state index contributed by atoms with van der Waals surface area (Å²) in [7, 11) is 0. The molecule has 1 atom stereocenters. The van der Waals surface area contributed by atoms with E-state index in [9.17, 15) is 14.4 Å². The molecule has 1 aliphatic carbocycles. The largest absolute Gasteiger partial charge is 0.334 e. The van der Waals surface area contributed by atoms with Gasteiger partial charge in [-0.3, -0.25) is 9.59 Å². The second kappa shape index (κ2) is 6.75. The smallest absolute Gasteiger partial charge is 0.310 e. The van der Waals surface area contributed by atoms with Gasteiger partial charge in [0.15, 0.2) is 0 Å². The Balaban J connectivity index is 1.45. The Morgan fingerprint density at radius 1 is 1.00 bits per heavy atom. The van der Waals surface area contributed by atoms with E-state index in [0.717, 1.165) is 23.3 Å². The molecule has 4 rings (SSSR count). The number of imide groups is 3. The van der Waals surface area contributed by atoms with Gasteiger partial charge in [-0.1, -0.05) is 54.6 Å². The van der Waals surface area contributed by atoms with Crippen LogP contribution in [0.5, 0.6) is 0 Å². The van der Waals surface area contributed by atoms with Crippen LogP contribution in [-0.4, -0.2) is 34.2 Å². The Kier molecular flexibility index (Phi) is 4.29. The fraction of sp³-hybridized carbons (Fsp3) is 0.286. The molecule has 1 saturated heterocycles. The van der Waals surface area contributed by atoms with Crippen LogP contribution in [0.25, 0.3) is 0 Å². The van der Waals surface area contributed by atoms with Crippen molar-refractivity contribution in [3.05, 3.63) is 71.3 Å². The lowest BCUT2D eigenvalue weighted by Crippen LogP contribution is -2.38. The Labute approximate surface area is 152 Å². The fourth-order valence-electron chi connectivity index (χ4n) is 3.88. The van der Waals surface area contributed by atoms with E-state index in [0.29, 0.717) is 6.54 Å². The van der Waals surface area contributed by atoms with Gasteiger partial charge in [0.25, 0.3) is 5.91 Å². The summed E-state index contributed by atoms with van der Waals surface area (Å²) in [5.74, 6) is -0.734. The predicted octanol–water partition coefficient (Wildman–Crippen LogP) is 3.10. The SMILES string of the molecule is O=C(C[C@H]1CCc2ccccc21)N1C(=O)CN(Cc2ccccc2)C1=O. The third kappa shape index (κ3) is 3.01. The number of nitrogens with zero attached hydrogens (tertiary/aromatic N) is 2. The second-order valence-electron chi connectivity index (χ2n) is 6.89. The summed E-state index contributed by atoms with van der Waals surface area (Å²) >= 11 is 0. The highest BCUT2D eigenvalue weighted by atomic mass is 16.2. The molecule has 0 aromatic heterocycles. The lowest BCUT2D eigenvalue weighted by Gasteiger charge is -2.18. The number of urea groups is 1. The Bertz CT molecular complexity index is 863. The minimum absolute atomic E-state index is 0.0410. The van der Waals surface area contributed by atoms with Crippen molar-refractivity contribution in [2.75, 3.05) is 6.54 Å². The number of amides is 4. The predicted molar refractivity (Wildman–Crippen MR) is 96.2 cm³/mol. The van der Waals surface area contributed by atoms with Crippen LogP contribution in [0.3, 0.4) is 0 Å². The van der Waals surface area contributed by atoms with Gasteiger partial charge in [0.1, 0.15) is 6.54 Å². The second-order valence-corrected chi connectivity index (χ2v) is 6.89. The molecule has 26 heavy (non-hydrogen) atoms. The van der Waals surface area contributed by atoms with E-state index >= 15 is 0 Å². The Hall–Kier alpha value is -2.95. The molecule has 1 heterocycles. The van der Waals surface area contributed by atoms with E-state index in [1.807, 2.05) is 48.5 Å². The molecule has 132 valence electrons. The van der Waals surface area contributed by atoms with E-state index in [1.54, 1.807) is 0 Å². The molecular weight excluding hydrogens is 328 g/mol. The van der Waals surface area contributed by atoms with Crippen LogP contribution in [0, 0.1) is 0 Å². The molecule has 0 bridgehead atoms. The van der Waals surface area contributed by atoms with Crippen LogP contribution >= 0.6 is 0 Å². The first kappa shape index (κ1) is 16.5. The molecule has 0 unspecified atom stereocenters. The van der Waals surface area contributed by atoms with Gasteiger partial charge in [0.05, 0.1) is 0 Å². The fourth-order valence-corrected chi connectivity index (χ4v) is 3.88. The first-order valence-electron chi connectivity index (χ1n) is 8.90. The van der Waals surface area contributed by atoms with Crippen molar-refractivity contribution in [3.63, 3.8) is 0 Å². The molecule has 1 aliphatic heterocycles. The summed E-state index contributed by atoms with van der Waals surface area (Å²) in [5.41, 5.74) is 3.36. The summed E-state index contributed by atoms with van der Waals surface area (Å²) in [6.07, 6.45) is 2.03. The zero-order valence-electron chi connectivity index (χ0n) is 14.4. The highest BCUT2D eigenvalue weighted by molar-refractivity contribution is 6.15. The first-order valence-corrected chi connectivity index (χ1v) is 8.90. The Morgan fingerprint density at radius 2 is 1.73 bits per heavy atom. The number of benzene rings is 2. The van der Waals surface area contributed by atoms with Crippen LogP contribution in [0.2, 0.25) is 0 Å². The average molecular weight is 348 g/mol. The number of fused-ring (bicyclic) bond motifs is 1. The van der Waals surface area contributed by atoms with Gasteiger partial charge in [-0.25, -0.2) is 4.79 Å². The molecular formula is C21H20N2O3. The standard InChI is InChI=1S/C21H20N2O3/c24-19(12-17-11-10-16-8-4-5-9-18(16)17)23-20(25)14-22(21(23)26)13-15-6-2-1-3-7-15/h1-9,17H,10-14H2/t17-/m1/s1. The molecule has 0 spiro atoms. The lowest BCUT2D eigenvalue weighted by atomic mass is 9.97. The monoisotopic (exact) mass is 348 g/mol. The van der Waals surface area contributed by atoms with E-state index < -0.39 is 17.8 Å². The third-order valence-corrected chi connectivity index (χ3v) is 5.18. The molecule has 2 aromatic rings. The maximum atomic E-state index is 12.7. The highest BCUT2D eigenvalue weighted by Crippen LogP contribution is 2.36. The zero-order valence-corrected chi connectivity index (χ0v) is 14.4. The van der Waals surface area contributed by atoms with E-state index in [1.165, 1.54) is 16.0 Å². The third-order valence-electron chi connectivity index (χ3n) is 5.18. The number of hydrogen-bond acceptors (Lipinski definition) is 3. The zero-order chi connectivity index (χ0) is 18.1. The number of rotatable bonds is 4. The lowest BCUT2D eigenvalue weighted by molar-refractivity contribution is -0.138. The molecule has 2 aliphatic rings. The number of hydrogen-bond donors (Lipinski definition) is 0. The number of carbonyl (C=O) groups excluding carboxylic acids is 3. The van der Waals surface area contributed by atoms with Gasteiger partial charge < -0.3 is 4.90 Å². The summed E-state index contributed by atoms with van der Waals surface area (Å²) in [6.45, 7) is 0.294. The van der Waals surface area contributed by atoms with Gasteiger partial charge >= 0.3 is 6.03 Å². The van der Waals surface area contributed by atoms with Crippen LogP contribution in [-0.2, 0) is 22.6 Å². The topological polar surface area (TPSA) is 57.7 Å². The van der Waals surface area contributed by atoms with Crippen LogP contribution < -0.4 is 0 Å². The van der Waals surface area contributed by atoms with E-state index in [-0.39, 0.29) is 18.9 Å². The highest BCUT2D eigenvalue weighted by Gasteiger charge is 2.41. The van der Waals surface area contributed by atoms with Gasteiger partial charge in [0.2, 0.25) is 5.91 Å². The normalized spacial score (nSPS) is 19.2. The molecule has 0 N–H and O–H groups in total. The first-order chi connectivity index (χ1) is 12.6. The molecule has 2 aromatic carbocycles. The van der Waals surface area contributed by atoms with Crippen molar-refractivity contribution in [3.8, 4) is 0 Å². The maximum Gasteiger partial charge on any atom is 0.334 e. The van der Waals surface area contributed by atoms with Gasteiger partial charge in [-0.15, -0.1) is 0 Å². The minimum Gasteiger partial charge on any atom is -0.310 e. The van der Waals surface area contributed by atoms with Crippen LogP contribution in [0.1, 0.15) is 35.4 Å². The van der Waals surface area contributed by atoms with Crippen LogP contribution in [0.4, 0.5) is 4.79 Å². The molecule has 5 nitrogen and oxygen atoms in total. The average Bonchev–Trinajstić information content (AvgIpc) is 3.17. The number of aryl methyl sites for hydroxylation is 1. The van der Waals surface area contributed by atoms with E-state index in [2.05, 4.69) is 6.07 Å². The van der Waals surface area contributed by atoms with Crippen molar-refractivity contribution in [1.29, 1.82) is 0 Å². The molecule has 5 heteroatoms. The summed E-state index contributed by atoms with van der Waals surface area (Å²) in [4.78, 5) is 39.8.